The topological polar surface area (TPSA) is 225 Å². The van der Waals surface area contributed by atoms with E-state index in [0.717, 1.165) is 109 Å². The number of unbranched alkanes of at least 4 members (excludes halogenated alkanes) is 36. The molecular weight excluding hydrogens is 1090 g/mol. The van der Waals surface area contributed by atoms with Crippen LogP contribution in [0.25, 0.3) is 0 Å². The van der Waals surface area contributed by atoms with Gasteiger partial charge in [-0.3, -0.25) is 23.7 Å². The zero-order chi connectivity index (χ0) is 61.1. The molecule has 0 aliphatic carbocycles. The Kier molecular flexibility index (Phi) is 48.9. The van der Waals surface area contributed by atoms with Crippen molar-refractivity contribution < 1.29 is 66.8 Å². The summed E-state index contributed by atoms with van der Waals surface area (Å²) in [4.78, 5) is 76.4. The van der Waals surface area contributed by atoms with E-state index in [0.29, 0.717) is 32.1 Å². The summed E-state index contributed by atoms with van der Waals surface area (Å²) in [5.74, 6) is -2.20. The number of nitrogens with one attached hydrogen (secondary N) is 2. The van der Waals surface area contributed by atoms with Gasteiger partial charge >= 0.3 is 25.7 Å². The highest BCUT2D eigenvalue weighted by Crippen LogP contribution is 2.42. The van der Waals surface area contributed by atoms with E-state index in [1.165, 1.54) is 148 Å². The molecule has 5 N–H and O–H groups in total. The van der Waals surface area contributed by atoms with Gasteiger partial charge in [0.15, 0.2) is 12.4 Å². The molecule has 0 spiro atoms. The lowest BCUT2D eigenvalue weighted by atomic mass is 9.95. The maximum Gasteiger partial charge on any atom is 0.470 e. The quantitative estimate of drug-likeness (QED) is 0.0165. The predicted molar refractivity (Wildman–Crippen MR) is 336 cm³/mol. The van der Waals surface area contributed by atoms with Crippen molar-refractivity contribution in [3.8, 4) is 0 Å². The van der Waals surface area contributed by atoms with Crippen LogP contribution in [0.15, 0.2) is 0 Å². The molecule has 17 heteroatoms. The number of hydrogen-bond donors (Lipinski definition) is 5. The number of carbonyl (C=O) groups is 4. The first kappa shape index (κ1) is 77.9. The summed E-state index contributed by atoms with van der Waals surface area (Å²) in [6.07, 6.45) is 39.4. The van der Waals surface area contributed by atoms with Crippen LogP contribution in [0.2, 0.25) is 0 Å². The van der Waals surface area contributed by atoms with Crippen LogP contribution >= 0.6 is 7.82 Å². The summed E-state index contributed by atoms with van der Waals surface area (Å²) >= 11 is 0. The number of aliphatic hydroxyl groups is 1. The Balaban J connectivity index is 2.33. The van der Waals surface area contributed by atoms with Crippen LogP contribution in [0.5, 0.6) is 0 Å². The van der Waals surface area contributed by atoms with Gasteiger partial charge in [-0.05, 0) is 57.9 Å². The van der Waals surface area contributed by atoms with Crippen LogP contribution in [0.4, 0.5) is 0 Å². The summed E-state index contributed by atoms with van der Waals surface area (Å²) < 4.78 is 48.9. The highest BCUT2D eigenvalue weighted by Gasteiger charge is 2.52. The fraction of sp³-hybridized carbons (Fsp3) is 0.940. The number of esters is 3. The SMILES string of the molecule is CCCCCCCCCCCCCC(=O)O[C@H](CCCCCCCCCCC)CC(=O)N[C@H]1[C@H](OC[C@@H]2CCCN2)O[C@H](CO)[C@@H](OP(=O)(O)O)[C@@H]1OC(=O)C[C@@H](CCCCCCCCCCC)OC(=O)CCCCCCCCCCCCC. The Labute approximate surface area is 511 Å². The Morgan fingerprint density at radius 1 is 0.524 bits per heavy atom. The molecule has 0 radical (unpaired) electrons. The van der Waals surface area contributed by atoms with E-state index in [-0.39, 0.29) is 44.3 Å². The molecule has 0 aromatic carbocycles. The van der Waals surface area contributed by atoms with Crippen LogP contribution in [0.3, 0.4) is 0 Å². The molecule has 2 fully saturated rings. The van der Waals surface area contributed by atoms with Gasteiger partial charge in [0.2, 0.25) is 5.91 Å². The number of hydrogen-bond acceptors (Lipinski definition) is 13. The number of aliphatic hydroxyl groups excluding tert-OH is 1. The fourth-order valence-corrected chi connectivity index (χ4v) is 12.4. The Morgan fingerprint density at radius 2 is 0.905 bits per heavy atom. The lowest BCUT2D eigenvalue weighted by Gasteiger charge is -2.45. The third kappa shape index (κ3) is 41.9. The first-order chi connectivity index (χ1) is 40.8. The lowest BCUT2D eigenvalue weighted by molar-refractivity contribution is -0.272. The second-order valence-corrected chi connectivity index (χ2v) is 26.1. The molecule has 0 aromatic heterocycles. The Hall–Kier alpha value is -2.17. The van der Waals surface area contributed by atoms with Gasteiger partial charge in [0.25, 0.3) is 0 Å². The van der Waals surface area contributed by atoms with Crippen molar-refractivity contribution in [2.45, 2.75) is 385 Å². The monoisotopic (exact) mass is 1210 g/mol. The smallest absolute Gasteiger partial charge is 0.462 e. The molecule has 2 heterocycles. The molecule has 494 valence electrons. The van der Waals surface area contributed by atoms with Crippen molar-refractivity contribution in [2.75, 3.05) is 19.8 Å². The minimum atomic E-state index is -5.35. The second-order valence-electron chi connectivity index (χ2n) is 24.9. The van der Waals surface area contributed by atoms with Crippen LogP contribution < -0.4 is 10.6 Å². The number of phosphoric acid groups is 1. The number of phosphoric ester groups is 1. The number of ether oxygens (including phenoxy) is 5. The van der Waals surface area contributed by atoms with E-state index in [2.05, 4.69) is 38.3 Å². The normalized spacial score (nSPS) is 19.8. The van der Waals surface area contributed by atoms with Crippen molar-refractivity contribution in [1.29, 1.82) is 0 Å². The van der Waals surface area contributed by atoms with Gasteiger partial charge in [0, 0.05) is 18.9 Å². The average molecular weight is 1220 g/mol. The van der Waals surface area contributed by atoms with E-state index in [9.17, 15) is 38.6 Å². The molecule has 1 amide bonds. The van der Waals surface area contributed by atoms with E-state index in [1.54, 1.807) is 0 Å². The first-order valence-corrected chi connectivity index (χ1v) is 36.6. The molecule has 2 aliphatic rings. The summed E-state index contributed by atoms with van der Waals surface area (Å²) in [5.41, 5.74) is 0. The highest BCUT2D eigenvalue weighted by atomic mass is 31.2. The third-order valence-electron chi connectivity index (χ3n) is 16.9. The van der Waals surface area contributed by atoms with E-state index < -0.39 is 75.1 Å². The van der Waals surface area contributed by atoms with Crippen LogP contribution in [-0.4, -0.2) is 107 Å². The number of rotatable bonds is 58. The standard InChI is InChI=1S/C67H127N2O14P/c1-5-9-13-17-21-25-27-31-35-39-43-49-61(72)79-57(47-41-37-33-29-23-19-15-11-7-3)52-60(71)69-64-66(65(83-84(75,76)77)59(54-70)81-67(64)78-55-56-46-45-51-68-56)82-63(74)53-58(48-42-38-34-30-24-20-16-12-8-4)80-62(73)50-44-40-36-32-28-26-22-18-14-10-6-2/h56-59,64-68,70H,5-55H2,1-4H3,(H,69,71)(H2,75,76,77)/t56-,57+,58+,59+,64+,65+,66+,67+/m0/s1. The van der Waals surface area contributed by atoms with Crippen molar-refractivity contribution in [3.05, 3.63) is 0 Å². The van der Waals surface area contributed by atoms with Crippen LogP contribution in [0, 0.1) is 0 Å². The van der Waals surface area contributed by atoms with Gasteiger partial charge in [0.05, 0.1) is 26.1 Å². The highest BCUT2D eigenvalue weighted by molar-refractivity contribution is 7.46. The molecule has 2 saturated heterocycles. The lowest BCUT2D eigenvalue weighted by Crippen LogP contribution is -2.66. The minimum absolute atomic E-state index is 0.0651. The maximum atomic E-state index is 14.5. The van der Waals surface area contributed by atoms with Crippen molar-refractivity contribution in [3.63, 3.8) is 0 Å². The first-order valence-electron chi connectivity index (χ1n) is 35.1. The maximum absolute atomic E-state index is 14.5. The molecule has 0 bridgehead atoms. The molecular formula is C67H127N2O14P. The van der Waals surface area contributed by atoms with Gasteiger partial charge in [-0.15, -0.1) is 0 Å². The number of amides is 1. The molecule has 0 aromatic rings. The molecule has 8 atom stereocenters. The molecule has 0 saturated carbocycles. The third-order valence-corrected chi connectivity index (χ3v) is 17.5. The predicted octanol–water partition coefficient (Wildman–Crippen LogP) is 16.2. The van der Waals surface area contributed by atoms with E-state index in [4.69, 9.17) is 28.2 Å². The van der Waals surface area contributed by atoms with Crippen LogP contribution in [0.1, 0.15) is 336 Å². The second kappa shape index (κ2) is 52.7. The zero-order valence-corrected chi connectivity index (χ0v) is 54.9. The molecule has 16 nitrogen and oxygen atoms in total. The van der Waals surface area contributed by atoms with Crippen molar-refractivity contribution in [2.24, 2.45) is 0 Å². The zero-order valence-electron chi connectivity index (χ0n) is 54.0. The van der Waals surface area contributed by atoms with E-state index in [1.807, 2.05) is 0 Å². The summed E-state index contributed by atoms with van der Waals surface area (Å²) in [6.45, 7) is 8.97. The Morgan fingerprint density at radius 3 is 1.27 bits per heavy atom. The summed E-state index contributed by atoms with van der Waals surface area (Å²) in [5, 5.41) is 17.0. The van der Waals surface area contributed by atoms with Gasteiger partial charge in [-0.1, -0.05) is 259 Å². The average Bonchev–Trinajstić information content (AvgIpc) is 1.89. The van der Waals surface area contributed by atoms with Gasteiger partial charge in [-0.2, -0.15) is 0 Å². The molecule has 84 heavy (non-hydrogen) atoms. The summed E-state index contributed by atoms with van der Waals surface area (Å²) in [7, 11) is -5.35. The minimum Gasteiger partial charge on any atom is -0.462 e. The fourth-order valence-electron chi connectivity index (χ4n) is 11.8. The summed E-state index contributed by atoms with van der Waals surface area (Å²) in [6, 6.07) is -1.47. The van der Waals surface area contributed by atoms with Gasteiger partial charge in [-0.25, -0.2) is 4.57 Å². The molecule has 2 aliphatic heterocycles. The van der Waals surface area contributed by atoms with Crippen molar-refractivity contribution >= 4 is 31.6 Å². The molecule has 0 unspecified atom stereocenters. The van der Waals surface area contributed by atoms with Crippen molar-refractivity contribution in [1.82, 2.24) is 10.6 Å². The number of carbonyl (C=O) groups excluding carboxylic acids is 4. The van der Waals surface area contributed by atoms with E-state index >= 15 is 0 Å². The Bertz CT molecular complexity index is 1650. The van der Waals surface area contributed by atoms with Crippen LogP contribution in [-0.2, 0) is 52.0 Å². The molecule has 2 rings (SSSR count). The largest absolute Gasteiger partial charge is 0.470 e. The van der Waals surface area contributed by atoms with Gasteiger partial charge in [0.1, 0.15) is 30.5 Å². The van der Waals surface area contributed by atoms with Gasteiger partial charge < -0.3 is 49.2 Å².